The fourth-order valence-corrected chi connectivity index (χ4v) is 3.72. The number of carbonyl (C=O) groups is 1. The summed E-state index contributed by atoms with van der Waals surface area (Å²) in [5.41, 5.74) is 2.32. The van der Waals surface area contributed by atoms with Crippen LogP contribution in [-0.4, -0.2) is 32.8 Å². The molecule has 8 heteroatoms. The number of rotatable bonds is 7. The first-order chi connectivity index (χ1) is 14.2. The lowest BCUT2D eigenvalue weighted by Crippen LogP contribution is -2.31. The monoisotopic (exact) mass is 405 g/mol. The van der Waals surface area contributed by atoms with E-state index in [-0.39, 0.29) is 11.9 Å². The number of benzene rings is 2. The molecule has 4 aromatic rings. The SMILES string of the molecule is COc1ccc(-c2nc(C(=O)NC(Cn3cncn3)c3ccccc3)cs2)cc1. The normalized spacial score (nSPS) is 11.8. The molecule has 2 heterocycles. The fraction of sp³-hybridized carbons (Fsp3) is 0.143. The van der Waals surface area contributed by atoms with E-state index in [9.17, 15) is 4.79 Å². The third-order valence-electron chi connectivity index (χ3n) is 4.42. The van der Waals surface area contributed by atoms with Gasteiger partial charge in [0.1, 0.15) is 29.1 Å². The number of aromatic nitrogens is 4. The molecule has 146 valence electrons. The van der Waals surface area contributed by atoms with Crippen molar-refractivity contribution in [3.05, 3.63) is 83.9 Å². The van der Waals surface area contributed by atoms with Crippen LogP contribution < -0.4 is 10.1 Å². The second-order valence-corrected chi connectivity index (χ2v) is 7.18. The van der Waals surface area contributed by atoms with E-state index in [0.29, 0.717) is 12.2 Å². The number of nitrogens with one attached hydrogen (secondary N) is 1. The van der Waals surface area contributed by atoms with Crippen LogP contribution in [-0.2, 0) is 6.54 Å². The molecule has 1 atom stereocenters. The van der Waals surface area contributed by atoms with Crippen molar-refractivity contribution in [3.63, 3.8) is 0 Å². The molecule has 0 bridgehead atoms. The Labute approximate surface area is 172 Å². The molecule has 0 radical (unpaired) electrons. The molecule has 0 saturated carbocycles. The first-order valence-electron chi connectivity index (χ1n) is 9.01. The van der Waals surface area contributed by atoms with Crippen LogP contribution in [0.4, 0.5) is 0 Å². The second-order valence-electron chi connectivity index (χ2n) is 6.32. The van der Waals surface area contributed by atoms with Crippen LogP contribution in [0.5, 0.6) is 5.75 Å². The first kappa shape index (κ1) is 18.8. The van der Waals surface area contributed by atoms with Crippen molar-refractivity contribution < 1.29 is 9.53 Å². The topological polar surface area (TPSA) is 81.9 Å². The van der Waals surface area contributed by atoms with Gasteiger partial charge in [0, 0.05) is 10.9 Å². The molecule has 2 aromatic carbocycles. The molecule has 29 heavy (non-hydrogen) atoms. The van der Waals surface area contributed by atoms with E-state index in [1.807, 2.05) is 54.6 Å². The molecule has 0 fully saturated rings. The van der Waals surface area contributed by atoms with Crippen LogP contribution >= 0.6 is 11.3 Å². The van der Waals surface area contributed by atoms with Crippen molar-refractivity contribution in [1.29, 1.82) is 0 Å². The number of ether oxygens (including phenoxy) is 1. The van der Waals surface area contributed by atoms with E-state index in [1.165, 1.54) is 17.7 Å². The van der Waals surface area contributed by atoms with Gasteiger partial charge in [0.05, 0.1) is 19.7 Å². The van der Waals surface area contributed by atoms with Gasteiger partial charge in [-0.1, -0.05) is 30.3 Å². The van der Waals surface area contributed by atoms with Gasteiger partial charge >= 0.3 is 0 Å². The Morgan fingerprint density at radius 1 is 1.17 bits per heavy atom. The van der Waals surface area contributed by atoms with Gasteiger partial charge in [-0.2, -0.15) is 5.10 Å². The molecule has 0 saturated heterocycles. The second kappa shape index (κ2) is 8.66. The summed E-state index contributed by atoms with van der Waals surface area (Å²) in [6.45, 7) is 0.477. The molecule has 0 spiro atoms. The largest absolute Gasteiger partial charge is 0.497 e. The van der Waals surface area contributed by atoms with Crippen molar-refractivity contribution in [2.75, 3.05) is 7.11 Å². The number of thiazole rings is 1. The summed E-state index contributed by atoms with van der Waals surface area (Å²) >= 11 is 1.43. The predicted octanol–water partition coefficient (Wildman–Crippen LogP) is 3.58. The highest BCUT2D eigenvalue weighted by atomic mass is 32.1. The molecular weight excluding hydrogens is 386 g/mol. The summed E-state index contributed by atoms with van der Waals surface area (Å²) in [4.78, 5) is 21.4. The average Bonchev–Trinajstić information content (AvgIpc) is 3.46. The summed E-state index contributed by atoms with van der Waals surface area (Å²) in [7, 11) is 1.63. The Morgan fingerprint density at radius 3 is 2.66 bits per heavy atom. The summed E-state index contributed by atoms with van der Waals surface area (Å²) < 4.78 is 6.88. The molecular formula is C21H19N5O2S. The zero-order valence-electron chi connectivity index (χ0n) is 15.7. The maximum atomic E-state index is 12.9. The minimum atomic E-state index is -0.253. The lowest BCUT2D eigenvalue weighted by molar-refractivity contribution is 0.0927. The van der Waals surface area contributed by atoms with Crippen molar-refractivity contribution in [1.82, 2.24) is 25.1 Å². The van der Waals surface area contributed by atoms with Crippen LogP contribution in [0, 0.1) is 0 Å². The van der Waals surface area contributed by atoms with Crippen LogP contribution in [0.25, 0.3) is 10.6 Å². The summed E-state index contributed by atoms with van der Waals surface area (Å²) in [6, 6.07) is 17.1. The van der Waals surface area contributed by atoms with Crippen molar-refractivity contribution in [2.24, 2.45) is 0 Å². The van der Waals surface area contributed by atoms with Gasteiger partial charge in [-0.25, -0.2) is 9.97 Å². The van der Waals surface area contributed by atoms with Crippen LogP contribution in [0.2, 0.25) is 0 Å². The number of nitrogens with zero attached hydrogens (tertiary/aromatic N) is 4. The van der Waals surface area contributed by atoms with Gasteiger partial charge in [-0.15, -0.1) is 11.3 Å². The molecule has 0 aliphatic rings. The minimum absolute atomic E-state index is 0.227. The van der Waals surface area contributed by atoms with Gasteiger partial charge in [0.25, 0.3) is 5.91 Å². The third-order valence-corrected chi connectivity index (χ3v) is 5.31. The summed E-state index contributed by atoms with van der Waals surface area (Å²) in [5.74, 6) is 0.553. The van der Waals surface area contributed by atoms with Crippen LogP contribution in [0.15, 0.2) is 72.6 Å². The van der Waals surface area contributed by atoms with Crippen molar-refractivity contribution >= 4 is 17.2 Å². The van der Waals surface area contributed by atoms with E-state index in [4.69, 9.17) is 4.74 Å². The maximum absolute atomic E-state index is 12.9. The maximum Gasteiger partial charge on any atom is 0.271 e. The Hall–Kier alpha value is -3.52. The molecule has 7 nitrogen and oxygen atoms in total. The number of amides is 1. The van der Waals surface area contributed by atoms with E-state index in [0.717, 1.165) is 21.9 Å². The van der Waals surface area contributed by atoms with Crippen LogP contribution in [0.3, 0.4) is 0 Å². The minimum Gasteiger partial charge on any atom is -0.497 e. The Kier molecular flexibility index (Phi) is 5.62. The highest BCUT2D eigenvalue weighted by Gasteiger charge is 2.19. The quantitative estimate of drug-likeness (QED) is 0.508. The van der Waals surface area contributed by atoms with E-state index < -0.39 is 0 Å². The van der Waals surface area contributed by atoms with E-state index in [2.05, 4.69) is 20.4 Å². The van der Waals surface area contributed by atoms with Gasteiger partial charge in [0.2, 0.25) is 0 Å². The highest BCUT2D eigenvalue weighted by molar-refractivity contribution is 7.13. The summed E-state index contributed by atoms with van der Waals surface area (Å²) in [5, 5.41) is 9.77. The van der Waals surface area contributed by atoms with E-state index >= 15 is 0 Å². The van der Waals surface area contributed by atoms with Gasteiger partial charge < -0.3 is 10.1 Å². The molecule has 2 aromatic heterocycles. The average molecular weight is 405 g/mol. The molecule has 0 aliphatic carbocycles. The van der Waals surface area contributed by atoms with Crippen molar-refractivity contribution in [2.45, 2.75) is 12.6 Å². The third kappa shape index (κ3) is 4.49. The lowest BCUT2D eigenvalue weighted by Gasteiger charge is -2.18. The molecule has 1 amide bonds. The lowest BCUT2D eigenvalue weighted by atomic mass is 10.1. The Bertz CT molecular complexity index is 1060. The number of hydrogen-bond acceptors (Lipinski definition) is 6. The number of hydrogen-bond donors (Lipinski definition) is 1. The standard InChI is InChI=1S/C21H19N5O2S/c1-28-17-9-7-16(8-10-17)21-25-19(12-29-21)20(27)24-18(11-26-14-22-13-23-26)15-5-3-2-4-6-15/h2-10,12-14,18H,11H2,1H3,(H,24,27). The summed E-state index contributed by atoms with van der Waals surface area (Å²) in [6.07, 6.45) is 3.11. The van der Waals surface area contributed by atoms with Gasteiger partial charge in [-0.05, 0) is 29.8 Å². The number of carbonyl (C=O) groups excluding carboxylic acids is 1. The van der Waals surface area contributed by atoms with E-state index in [1.54, 1.807) is 23.5 Å². The smallest absolute Gasteiger partial charge is 0.271 e. The first-order valence-corrected chi connectivity index (χ1v) is 9.89. The highest BCUT2D eigenvalue weighted by Crippen LogP contribution is 2.26. The zero-order chi connectivity index (χ0) is 20.1. The van der Waals surface area contributed by atoms with Gasteiger partial charge in [0.15, 0.2) is 0 Å². The Morgan fingerprint density at radius 2 is 1.97 bits per heavy atom. The molecule has 1 unspecified atom stereocenters. The molecule has 1 N–H and O–H groups in total. The molecule has 0 aliphatic heterocycles. The Balaban J connectivity index is 1.52. The number of methoxy groups -OCH3 is 1. The van der Waals surface area contributed by atoms with Crippen molar-refractivity contribution in [3.8, 4) is 16.3 Å². The molecule has 4 rings (SSSR count). The van der Waals surface area contributed by atoms with Gasteiger partial charge in [-0.3, -0.25) is 9.48 Å². The zero-order valence-corrected chi connectivity index (χ0v) is 16.5. The fourth-order valence-electron chi connectivity index (χ4n) is 2.91. The van der Waals surface area contributed by atoms with Crippen LogP contribution in [0.1, 0.15) is 22.1 Å². The predicted molar refractivity (Wildman–Crippen MR) is 111 cm³/mol.